The highest BCUT2D eigenvalue weighted by Gasteiger charge is 2.37. The number of hydrogen-bond donors (Lipinski definition) is 0. The molecular weight excluding hydrogens is 192 g/mol. The van der Waals surface area contributed by atoms with Crippen molar-refractivity contribution in [2.75, 3.05) is 13.1 Å². The van der Waals surface area contributed by atoms with Crippen LogP contribution < -0.4 is 0 Å². The van der Waals surface area contributed by atoms with Gasteiger partial charge in [0.15, 0.2) is 0 Å². The van der Waals surface area contributed by atoms with Gasteiger partial charge in [0.1, 0.15) is 0 Å². The molecule has 1 saturated carbocycles. The Hall–Kier alpha value is -1.39. The van der Waals surface area contributed by atoms with Gasteiger partial charge in [-0.3, -0.25) is 4.79 Å². The van der Waals surface area contributed by atoms with Gasteiger partial charge in [0.2, 0.25) is 5.91 Å². The van der Waals surface area contributed by atoms with Crippen molar-refractivity contribution in [2.24, 2.45) is 5.92 Å². The zero-order chi connectivity index (χ0) is 10.3. The number of likely N-dealkylation sites (tertiary alicyclic amines) is 1. The second-order valence-electron chi connectivity index (χ2n) is 4.38. The van der Waals surface area contributed by atoms with Crippen LogP contribution in [0.2, 0.25) is 0 Å². The molecule has 80 valence electrons. The fourth-order valence-electron chi connectivity index (χ4n) is 2.16. The minimum atomic E-state index is 0.329. The van der Waals surface area contributed by atoms with Gasteiger partial charge in [0, 0.05) is 25.2 Å². The highest BCUT2D eigenvalue weighted by Crippen LogP contribution is 2.33. The Morgan fingerprint density at radius 3 is 2.87 bits per heavy atom. The third kappa shape index (κ3) is 1.62. The van der Waals surface area contributed by atoms with E-state index in [9.17, 15) is 4.79 Å². The van der Waals surface area contributed by atoms with Crippen molar-refractivity contribution in [1.29, 1.82) is 0 Å². The van der Waals surface area contributed by atoms with Gasteiger partial charge in [-0.2, -0.15) is 0 Å². The summed E-state index contributed by atoms with van der Waals surface area (Å²) in [6.45, 7) is 1.68. The molecule has 5 heteroatoms. The molecule has 1 aliphatic carbocycles. The van der Waals surface area contributed by atoms with E-state index in [1.807, 2.05) is 15.8 Å². The maximum absolute atomic E-state index is 11.8. The van der Waals surface area contributed by atoms with E-state index >= 15 is 0 Å². The minimum absolute atomic E-state index is 0.329. The van der Waals surface area contributed by atoms with Crippen LogP contribution in [-0.2, 0) is 4.79 Å². The largest absolute Gasteiger partial charge is 0.340 e. The molecule has 0 radical (unpaired) electrons. The van der Waals surface area contributed by atoms with Crippen molar-refractivity contribution in [3.8, 4) is 0 Å². The van der Waals surface area contributed by atoms with E-state index in [4.69, 9.17) is 0 Å². The van der Waals surface area contributed by atoms with Gasteiger partial charge in [-0.05, 0) is 19.3 Å². The number of nitrogens with zero attached hydrogens (tertiary/aromatic N) is 4. The topological polar surface area (TPSA) is 51.0 Å². The lowest BCUT2D eigenvalue weighted by molar-refractivity contribution is -0.131. The van der Waals surface area contributed by atoms with Crippen LogP contribution in [0.25, 0.3) is 0 Å². The molecule has 5 nitrogen and oxygen atoms in total. The summed E-state index contributed by atoms with van der Waals surface area (Å²) in [4.78, 5) is 13.8. The summed E-state index contributed by atoms with van der Waals surface area (Å²) in [6.07, 6.45) is 6.73. The molecule has 0 N–H and O–H groups in total. The zero-order valence-electron chi connectivity index (χ0n) is 8.54. The van der Waals surface area contributed by atoms with Crippen LogP contribution in [0.15, 0.2) is 12.4 Å². The van der Waals surface area contributed by atoms with E-state index in [1.54, 1.807) is 6.20 Å². The number of amides is 1. The molecule has 2 fully saturated rings. The van der Waals surface area contributed by atoms with Crippen LogP contribution in [-0.4, -0.2) is 38.9 Å². The zero-order valence-corrected chi connectivity index (χ0v) is 8.54. The van der Waals surface area contributed by atoms with Crippen LogP contribution in [0.5, 0.6) is 0 Å². The van der Waals surface area contributed by atoms with Crippen molar-refractivity contribution in [3.05, 3.63) is 12.4 Å². The molecule has 2 aliphatic rings. The lowest BCUT2D eigenvalue weighted by Crippen LogP contribution is -2.30. The summed E-state index contributed by atoms with van der Waals surface area (Å²) >= 11 is 0. The number of hydrogen-bond acceptors (Lipinski definition) is 3. The van der Waals surface area contributed by atoms with E-state index < -0.39 is 0 Å². The quantitative estimate of drug-likeness (QED) is 0.706. The van der Waals surface area contributed by atoms with Crippen molar-refractivity contribution < 1.29 is 4.79 Å². The van der Waals surface area contributed by atoms with Crippen molar-refractivity contribution >= 4 is 5.91 Å². The third-order valence-corrected chi connectivity index (χ3v) is 3.22. The van der Waals surface area contributed by atoms with Crippen LogP contribution in [0.1, 0.15) is 25.3 Å². The van der Waals surface area contributed by atoms with Crippen LogP contribution in [0.3, 0.4) is 0 Å². The van der Waals surface area contributed by atoms with E-state index in [2.05, 4.69) is 10.3 Å². The van der Waals surface area contributed by atoms with Crippen LogP contribution in [0, 0.1) is 5.92 Å². The molecule has 1 aromatic heterocycles. The summed E-state index contributed by atoms with van der Waals surface area (Å²) in [6, 6.07) is 0.329. The maximum atomic E-state index is 11.8. The highest BCUT2D eigenvalue weighted by molar-refractivity contribution is 5.81. The molecule has 1 aromatic rings. The molecule has 0 bridgehead atoms. The van der Waals surface area contributed by atoms with E-state index in [0.717, 1.165) is 32.4 Å². The Labute approximate surface area is 88.1 Å². The molecule has 1 aliphatic heterocycles. The fourth-order valence-corrected chi connectivity index (χ4v) is 2.16. The van der Waals surface area contributed by atoms with Gasteiger partial charge >= 0.3 is 0 Å². The van der Waals surface area contributed by atoms with Crippen molar-refractivity contribution in [3.63, 3.8) is 0 Å². The maximum Gasteiger partial charge on any atom is 0.225 e. The summed E-state index contributed by atoms with van der Waals surface area (Å²) in [5, 5.41) is 7.77. The third-order valence-electron chi connectivity index (χ3n) is 3.22. The molecule has 15 heavy (non-hydrogen) atoms. The van der Waals surface area contributed by atoms with Crippen molar-refractivity contribution in [1.82, 2.24) is 19.9 Å². The van der Waals surface area contributed by atoms with Gasteiger partial charge in [-0.15, -0.1) is 5.10 Å². The van der Waals surface area contributed by atoms with Crippen LogP contribution in [0.4, 0.5) is 0 Å². The Morgan fingerprint density at radius 1 is 1.33 bits per heavy atom. The normalized spacial score (nSPS) is 25.9. The van der Waals surface area contributed by atoms with Crippen molar-refractivity contribution in [2.45, 2.75) is 25.3 Å². The lowest BCUT2D eigenvalue weighted by Gasteiger charge is -2.15. The van der Waals surface area contributed by atoms with E-state index in [1.165, 1.54) is 0 Å². The van der Waals surface area contributed by atoms with Gasteiger partial charge in [-0.25, -0.2) is 4.68 Å². The summed E-state index contributed by atoms with van der Waals surface area (Å²) < 4.78 is 1.86. The second-order valence-corrected chi connectivity index (χ2v) is 4.38. The Kier molecular flexibility index (Phi) is 1.97. The van der Waals surface area contributed by atoms with Gasteiger partial charge in [0.25, 0.3) is 0 Å². The highest BCUT2D eigenvalue weighted by atomic mass is 16.2. The molecule has 1 amide bonds. The number of aromatic nitrogens is 3. The first-order chi connectivity index (χ1) is 7.34. The van der Waals surface area contributed by atoms with Gasteiger partial charge < -0.3 is 4.90 Å². The fraction of sp³-hybridized carbons (Fsp3) is 0.700. The summed E-state index contributed by atoms with van der Waals surface area (Å²) in [5.41, 5.74) is 0. The Morgan fingerprint density at radius 2 is 2.20 bits per heavy atom. The Balaban J connectivity index is 1.65. The number of carbonyl (C=O) groups is 1. The second kappa shape index (κ2) is 3.32. The molecule has 0 spiro atoms. The average molecular weight is 206 g/mol. The average Bonchev–Trinajstić information content (AvgIpc) is 2.80. The standard InChI is InChI=1S/C10H14N4O/c15-10(8-1-2-8)13-5-3-9(7-13)14-6-4-11-12-14/h4,6,8-9H,1-3,5,7H2. The summed E-state index contributed by atoms with van der Waals surface area (Å²) in [5.74, 6) is 0.678. The first-order valence-corrected chi connectivity index (χ1v) is 5.49. The van der Waals surface area contributed by atoms with Gasteiger partial charge in [-0.1, -0.05) is 5.21 Å². The lowest BCUT2D eigenvalue weighted by atomic mass is 10.3. The number of carbonyl (C=O) groups excluding carboxylic acids is 1. The first-order valence-electron chi connectivity index (χ1n) is 5.49. The SMILES string of the molecule is O=C(C1CC1)N1CCC(n2ccnn2)C1. The van der Waals surface area contributed by atoms with E-state index in [-0.39, 0.29) is 0 Å². The monoisotopic (exact) mass is 206 g/mol. The summed E-state index contributed by atoms with van der Waals surface area (Å²) in [7, 11) is 0. The minimum Gasteiger partial charge on any atom is -0.340 e. The molecule has 2 heterocycles. The van der Waals surface area contributed by atoms with Gasteiger partial charge in [0.05, 0.1) is 12.2 Å². The van der Waals surface area contributed by atoms with Crippen LogP contribution >= 0.6 is 0 Å². The molecule has 1 unspecified atom stereocenters. The van der Waals surface area contributed by atoms with E-state index in [0.29, 0.717) is 17.9 Å². The molecule has 0 aromatic carbocycles. The first kappa shape index (κ1) is 8.88. The molecule has 3 rings (SSSR count). The predicted molar refractivity (Wildman–Crippen MR) is 53.0 cm³/mol. The molecular formula is C10H14N4O. The molecule has 1 saturated heterocycles. The smallest absolute Gasteiger partial charge is 0.225 e. The molecule has 1 atom stereocenters. The number of rotatable bonds is 2. The Bertz CT molecular complexity index is 358. The predicted octanol–water partition coefficient (Wildman–Crippen LogP) is 0.462.